The molecule has 4 rings (SSSR count). The molecule has 18 atom stereocenters. The Morgan fingerprint density at radius 2 is 1.69 bits per heavy atom. The molecule has 0 bridgehead atoms. The number of aliphatic hydroxyl groups excluding tert-OH is 2. The number of hydrogen-bond acceptors (Lipinski definition) is 16. The molecular weight excluding hydrogens is 829 g/mol. The summed E-state index contributed by atoms with van der Waals surface area (Å²) in [6, 6.07) is 4.44. The third kappa shape index (κ3) is 13.2. The van der Waals surface area contributed by atoms with Crippen LogP contribution in [-0.2, 0) is 38.0 Å². The first-order chi connectivity index (χ1) is 29.9. The molecule has 0 saturated carbocycles. The van der Waals surface area contributed by atoms with Crippen LogP contribution in [0.15, 0.2) is 24.4 Å². The SMILES string of the molecule is CC[C@H]1OC(=O)[C@H](C)[C@@H](O[C@H]2C[C@@](C)(OC)[C@@H](O)[C@H](C)O2)[C@H](C)[C@@H](O[C@@H]2O[C@H](C)C[C@H](N(C)C)[C@H]2OCCCNC(=O)c2ccccn2)[C@](C)(O)C[C@@H](C)CN(C)[C@H](C)[C@@H](O)[C@]1(C)O. The fourth-order valence-electron chi connectivity index (χ4n) is 9.98. The Bertz CT molecular complexity index is 1610. The molecule has 3 aliphatic heterocycles. The van der Waals surface area contributed by atoms with E-state index in [1.165, 1.54) is 14.0 Å². The summed E-state index contributed by atoms with van der Waals surface area (Å²) in [6.45, 7) is 18.8. The maximum Gasteiger partial charge on any atom is 0.311 e. The van der Waals surface area contributed by atoms with Crippen molar-refractivity contribution in [1.29, 1.82) is 0 Å². The number of ether oxygens (including phenoxy) is 7. The van der Waals surface area contributed by atoms with Gasteiger partial charge in [0.25, 0.3) is 5.91 Å². The Balaban J connectivity index is 1.76. The second-order valence-electron chi connectivity index (χ2n) is 19.8. The molecule has 1 amide bonds. The highest BCUT2D eigenvalue weighted by atomic mass is 16.7. The van der Waals surface area contributed by atoms with Gasteiger partial charge in [0.15, 0.2) is 12.6 Å². The summed E-state index contributed by atoms with van der Waals surface area (Å²) >= 11 is 0. The molecule has 1 aromatic heterocycles. The monoisotopic (exact) mass is 911 g/mol. The summed E-state index contributed by atoms with van der Waals surface area (Å²) in [6.07, 6.45) is -5.73. The van der Waals surface area contributed by atoms with Gasteiger partial charge in [-0.1, -0.05) is 26.8 Å². The van der Waals surface area contributed by atoms with Gasteiger partial charge in [-0.15, -0.1) is 0 Å². The molecule has 3 aliphatic rings. The highest BCUT2D eigenvalue weighted by molar-refractivity contribution is 5.92. The smallest absolute Gasteiger partial charge is 0.311 e. The second kappa shape index (κ2) is 23.1. The molecule has 3 fully saturated rings. The van der Waals surface area contributed by atoms with Gasteiger partial charge in [-0.3, -0.25) is 14.6 Å². The van der Waals surface area contributed by atoms with Gasteiger partial charge < -0.3 is 68.7 Å². The van der Waals surface area contributed by atoms with Gasteiger partial charge in [0.1, 0.15) is 35.7 Å². The largest absolute Gasteiger partial charge is 0.459 e. The minimum atomic E-state index is -1.82. The number of pyridine rings is 1. The zero-order valence-electron chi connectivity index (χ0n) is 40.9. The van der Waals surface area contributed by atoms with Crippen molar-refractivity contribution in [3.05, 3.63) is 30.1 Å². The number of nitrogens with zero attached hydrogens (tertiary/aromatic N) is 3. The van der Waals surface area contributed by atoms with Crippen LogP contribution in [0.5, 0.6) is 0 Å². The number of aliphatic hydroxyl groups is 4. The lowest BCUT2D eigenvalue weighted by Gasteiger charge is -2.49. The first-order valence-corrected chi connectivity index (χ1v) is 23.2. The number of hydrogen-bond donors (Lipinski definition) is 5. The van der Waals surface area contributed by atoms with Crippen LogP contribution in [-0.4, -0.2) is 185 Å². The molecule has 368 valence electrons. The lowest BCUT2D eigenvalue weighted by Crippen LogP contribution is -2.61. The van der Waals surface area contributed by atoms with E-state index in [1.54, 1.807) is 59.0 Å². The summed E-state index contributed by atoms with van der Waals surface area (Å²) in [4.78, 5) is 35.3. The lowest BCUT2D eigenvalue weighted by molar-refractivity contribution is -0.321. The minimum Gasteiger partial charge on any atom is -0.459 e. The third-order valence-corrected chi connectivity index (χ3v) is 14.0. The van der Waals surface area contributed by atoms with E-state index in [0.717, 1.165) is 0 Å². The first kappa shape index (κ1) is 54.2. The Morgan fingerprint density at radius 1 is 1.00 bits per heavy atom. The number of aromatic nitrogens is 1. The number of likely N-dealkylation sites (N-methyl/N-ethyl adjacent to an activating group) is 2. The fraction of sp³-hybridized carbons (Fsp3) is 0.851. The molecule has 0 spiro atoms. The molecule has 64 heavy (non-hydrogen) atoms. The standard InChI is InChI=1S/C47H82N4O13/c1-15-35-47(10,57)39(52)31(6)51(13)26-27(2)24-45(8,56)41(29(4)37(30(5)43(55)62-35)63-36-25-46(9,58-14)40(53)32(7)61-36)64-44-38(34(50(11)12)23-28(3)60-44)59-22-18-21-49-42(54)33-19-16-17-20-48-33/h16-17,19-20,27-32,34-41,44,52-53,56-57H,15,18,21-26H2,1-14H3,(H,49,54)/t27-,28-,29+,30-,31-,32+,34+,35-,36+,37+,38-,39-,40+,41-,44+,45-,46-,47-/m1/s1. The zero-order chi connectivity index (χ0) is 47.9. The maximum atomic E-state index is 14.5. The van der Waals surface area contributed by atoms with Crippen LogP contribution < -0.4 is 5.32 Å². The number of esters is 1. The van der Waals surface area contributed by atoms with Crippen LogP contribution in [0.4, 0.5) is 0 Å². The van der Waals surface area contributed by atoms with Gasteiger partial charge in [0.05, 0.1) is 41.5 Å². The van der Waals surface area contributed by atoms with E-state index in [4.69, 9.17) is 33.2 Å². The van der Waals surface area contributed by atoms with Gasteiger partial charge in [-0.05, 0) is 113 Å². The maximum absolute atomic E-state index is 14.5. The predicted octanol–water partition coefficient (Wildman–Crippen LogP) is 3.14. The lowest BCUT2D eigenvalue weighted by atomic mass is 9.77. The van der Waals surface area contributed by atoms with Crippen molar-refractivity contribution in [2.75, 3.05) is 47.9 Å². The molecule has 0 aromatic carbocycles. The topological polar surface area (TPSA) is 211 Å². The summed E-state index contributed by atoms with van der Waals surface area (Å²) in [5, 5.41) is 50.4. The van der Waals surface area contributed by atoms with Crippen LogP contribution >= 0.6 is 0 Å². The van der Waals surface area contributed by atoms with Gasteiger partial charge in [-0.25, -0.2) is 0 Å². The van der Waals surface area contributed by atoms with Crippen LogP contribution in [0.2, 0.25) is 0 Å². The van der Waals surface area contributed by atoms with Crippen molar-refractivity contribution in [2.45, 2.75) is 192 Å². The molecule has 0 unspecified atom stereocenters. The highest BCUT2D eigenvalue weighted by Gasteiger charge is 2.53. The average molecular weight is 911 g/mol. The molecule has 3 saturated heterocycles. The van der Waals surface area contributed by atoms with E-state index < -0.39 is 96.0 Å². The van der Waals surface area contributed by atoms with Gasteiger partial charge in [0, 0.05) is 57.4 Å². The van der Waals surface area contributed by atoms with Crippen LogP contribution in [0, 0.1) is 17.8 Å². The predicted molar refractivity (Wildman–Crippen MR) is 239 cm³/mol. The Kier molecular flexibility index (Phi) is 19.5. The minimum absolute atomic E-state index is 0.119. The van der Waals surface area contributed by atoms with E-state index in [2.05, 4.69) is 15.2 Å². The van der Waals surface area contributed by atoms with Crippen molar-refractivity contribution in [2.24, 2.45) is 17.8 Å². The highest BCUT2D eigenvalue weighted by Crippen LogP contribution is 2.40. The van der Waals surface area contributed by atoms with E-state index in [-0.39, 0.29) is 49.8 Å². The van der Waals surface area contributed by atoms with Crippen molar-refractivity contribution in [1.82, 2.24) is 20.1 Å². The van der Waals surface area contributed by atoms with Gasteiger partial charge in [-0.2, -0.15) is 0 Å². The number of carbonyl (C=O) groups excluding carboxylic acids is 2. The molecule has 17 heteroatoms. The molecule has 5 N–H and O–H groups in total. The molecular formula is C47H82N4O13. The summed E-state index contributed by atoms with van der Waals surface area (Å²) in [5.74, 6) is -2.94. The van der Waals surface area contributed by atoms with Crippen molar-refractivity contribution < 1.29 is 63.2 Å². The first-order valence-electron chi connectivity index (χ1n) is 23.2. The number of methoxy groups -OCH3 is 1. The summed E-state index contributed by atoms with van der Waals surface area (Å²) in [5.41, 5.74) is -4.13. The second-order valence-corrected chi connectivity index (χ2v) is 19.8. The molecule has 0 radical (unpaired) electrons. The number of carbonyl (C=O) groups is 2. The van der Waals surface area contributed by atoms with Gasteiger partial charge >= 0.3 is 5.97 Å². The van der Waals surface area contributed by atoms with E-state index in [1.807, 2.05) is 53.7 Å². The Hall–Kier alpha value is -2.39. The molecule has 17 nitrogen and oxygen atoms in total. The van der Waals surface area contributed by atoms with Crippen molar-refractivity contribution >= 4 is 11.9 Å². The zero-order valence-corrected chi connectivity index (χ0v) is 40.9. The summed E-state index contributed by atoms with van der Waals surface area (Å²) in [7, 11) is 7.30. The number of amides is 1. The van der Waals surface area contributed by atoms with Crippen LogP contribution in [0.3, 0.4) is 0 Å². The summed E-state index contributed by atoms with van der Waals surface area (Å²) < 4.78 is 45.3. The van der Waals surface area contributed by atoms with Crippen LogP contribution in [0.25, 0.3) is 0 Å². The van der Waals surface area contributed by atoms with E-state index in [0.29, 0.717) is 31.6 Å². The quantitative estimate of drug-likeness (QED) is 0.142. The third-order valence-electron chi connectivity index (χ3n) is 14.0. The van der Waals surface area contributed by atoms with Crippen molar-refractivity contribution in [3.63, 3.8) is 0 Å². The average Bonchev–Trinajstić information content (AvgIpc) is 3.24. The van der Waals surface area contributed by atoms with Crippen molar-refractivity contribution in [3.8, 4) is 0 Å². The van der Waals surface area contributed by atoms with E-state index in [9.17, 15) is 30.0 Å². The molecule has 1 aromatic rings. The Morgan fingerprint density at radius 3 is 2.30 bits per heavy atom. The number of rotatable bonds is 13. The number of cyclic esters (lactones) is 1. The normalized spacial score (nSPS) is 42.4. The Labute approximate surface area is 381 Å². The van der Waals surface area contributed by atoms with E-state index >= 15 is 0 Å². The fourth-order valence-corrected chi connectivity index (χ4v) is 9.98. The number of nitrogens with one attached hydrogen (secondary N) is 1. The van der Waals surface area contributed by atoms with Gasteiger partial charge in [0.2, 0.25) is 0 Å². The van der Waals surface area contributed by atoms with Crippen LogP contribution in [0.1, 0.15) is 112 Å². The molecule has 4 heterocycles. The molecule has 0 aliphatic carbocycles.